The lowest BCUT2D eigenvalue weighted by Crippen LogP contribution is -1.78. The van der Waals surface area contributed by atoms with Crippen molar-refractivity contribution < 1.29 is 14.6 Å². The van der Waals surface area contributed by atoms with E-state index in [1.165, 1.54) is 0 Å². The van der Waals surface area contributed by atoms with Crippen LogP contribution in [0, 0.1) is 0 Å². The molecular formula is C11H18O3. The van der Waals surface area contributed by atoms with Crippen molar-refractivity contribution in [2.45, 2.75) is 20.8 Å². The van der Waals surface area contributed by atoms with Crippen LogP contribution < -0.4 is 4.74 Å². The van der Waals surface area contributed by atoms with Gasteiger partial charge in [-0.2, -0.15) is 0 Å². The Balaban J connectivity index is 0. The molecule has 3 nitrogen and oxygen atoms in total. The molecule has 0 spiro atoms. The van der Waals surface area contributed by atoms with E-state index in [0.29, 0.717) is 0 Å². The van der Waals surface area contributed by atoms with Crippen molar-refractivity contribution in [2.24, 2.45) is 0 Å². The number of ether oxygens (including phenoxy) is 1. The van der Waals surface area contributed by atoms with E-state index in [9.17, 15) is 0 Å². The number of hydrogen-bond acceptors (Lipinski definition) is 2. The van der Waals surface area contributed by atoms with E-state index in [0.717, 1.165) is 12.7 Å². The number of rotatable bonds is 1. The van der Waals surface area contributed by atoms with Crippen molar-refractivity contribution in [2.75, 3.05) is 7.11 Å². The fourth-order valence-corrected chi connectivity index (χ4v) is 0.557. The van der Waals surface area contributed by atoms with E-state index in [1.807, 2.05) is 44.2 Å². The zero-order valence-corrected chi connectivity index (χ0v) is 9.15. The number of benzene rings is 1. The fourth-order valence-electron chi connectivity index (χ4n) is 0.557. The van der Waals surface area contributed by atoms with Gasteiger partial charge in [-0.3, -0.25) is 4.79 Å². The van der Waals surface area contributed by atoms with Crippen LogP contribution in [-0.4, -0.2) is 18.2 Å². The Kier molecular flexibility index (Phi) is 12.3. The SMILES string of the molecule is CC.CC(=O)O.COc1ccccc1. The van der Waals surface area contributed by atoms with Gasteiger partial charge in [0.05, 0.1) is 7.11 Å². The van der Waals surface area contributed by atoms with Crippen LogP contribution >= 0.6 is 0 Å². The van der Waals surface area contributed by atoms with Gasteiger partial charge >= 0.3 is 0 Å². The Morgan fingerprint density at radius 3 is 1.79 bits per heavy atom. The second-order valence-electron chi connectivity index (χ2n) is 2.04. The summed E-state index contributed by atoms with van der Waals surface area (Å²) in [5.41, 5.74) is 0. The minimum absolute atomic E-state index is 0.833. The van der Waals surface area contributed by atoms with Crippen LogP contribution in [-0.2, 0) is 4.79 Å². The van der Waals surface area contributed by atoms with Crippen LogP contribution in [0.15, 0.2) is 30.3 Å². The molecule has 0 atom stereocenters. The molecule has 0 bridgehead atoms. The summed E-state index contributed by atoms with van der Waals surface area (Å²) >= 11 is 0. The summed E-state index contributed by atoms with van der Waals surface area (Å²) in [5, 5.41) is 7.42. The summed E-state index contributed by atoms with van der Waals surface area (Å²) in [5.74, 6) is 0.0764. The summed E-state index contributed by atoms with van der Waals surface area (Å²) in [6.07, 6.45) is 0. The highest BCUT2D eigenvalue weighted by Crippen LogP contribution is 2.05. The van der Waals surface area contributed by atoms with Crippen molar-refractivity contribution in [3.05, 3.63) is 30.3 Å². The smallest absolute Gasteiger partial charge is 0.300 e. The highest BCUT2D eigenvalue weighted by atomic mass is 16.5. The molecule has 3 heteroatoms. The van der Waals surface area contributed by atoms with E-state index in [4.69, 9.17) is 14.6 Å². The zero-order chi connectivity index (χ0) is 11.4. The van der Waals surface area contributed by atoms with Crippen LogP contribution in [0.1, 0.15) is 20.8 Å². The largest absolute Gasteiger partial charge is 0.497 e. The Labute approximate surface area is 85.3 Å². The molecule has 0 amide bonds. The first-order valence-electron chi connectivity index (χ1n) is 4.45. The quantitative estimate of drug-likeness (QED) is 0.754. The third kappa shape index (κ3) is 13.1. The van der Waals surface area contributed by atoms with E-state index in [2.05, 4.69) is 0 Å². The predicted molar refractivity (Wildman–Crippen MR) is 57.7 cm³/mol. The lowest BCUT2D eigenvalue weighted by Gasteiger charge is -1.93. The number of carboxylic acids is 1. The van der Waals surface area contributed by atoms with Crippen molar-refractivity contribution >= 4 is 5.97 Å². The average molecular weight is 198 g/mol. The molecule has 0 aliphatic rings. The molecule has 0 saturated heterocycles. The maximum Gasteiger partial charge on any atom is 0.300 e. The zero-order valence-electron chi connectivity index (χ0n) is 9.15. The lowest BCUT2D eigenvalue weighted by atomic mass is 10.3. The van der Waals surface area contributed by atoms with Gasteiger partial charge in [-0.15, -0.1) is 0 Å². The number of para-hydroxylation sites is 1. The van der Waals surface area contributed by atoms with Gasteiger partial charge in [0.15, 0.2) is 0 Å². The van der Waals surface area contributed by atoms with E-state index in [1.54, 1.807) is 7.11 Å². The first kappa shape index (κ1) is 15.0. The molecule has 1 N–H and O–H groups in total. The Morgan fingerprint density at radius 2 is 1.57 bits per heavy atom. The molecule has 1 aromatic carbocycles. The Hall–Kier alpha value is -1.51. The third-order valence-corrected chi connectivity index (χ3v) is 0.979. The van der Waals surface area contributed by atoms with Crippen LogP contribution in [0.25, 0.3) is 0 Å². The highest BCUT2D eigenvalue weighted by molar-refractivity contribution is 5.62. The lowest BCUT2D eigenvalue weighted by molar-refractivity contribution is -0.134. The van der Waals surface area contributed by atoms with E-state index in [-0.39, 0.29) is 0 Å². The van der Waals surface area contributed by atoms with Crippen LogP contribution in [0.2, 0.25) is 0 Å². The van der Waals surface area contributed by atoms with Gasteiger partial charge < -0.3 is 9.84 Å². The highest BCUT2D eigenvalue weighted by Gasteiger charge is 1.80. The van der Waals surface area contributed by atoms with Crippen molar-refractivity contribution in [3.63, 3.8) is 0 Å². The number of carboxylic acid groups (broad SMARTS) is 1. The van der Waals surface area contributed by atoms with Crippen LogP contribution in [0.4, 0.5) is 0 Å². The fraction of sp³-hybridized carbons (Fsp3) is 0.364. The van der Waals surface area contributed by atoms with Gasteiger partial charge in [-0.25, -0.2) is 0 Å². The number of methoxy groups -OCH3 is 1. The molecule has 0 saturated carbocycles. The summed E-state index contributed by atoms with van der Waals surface area (Å²) in [7, 11) is 1.66. The first-order valence-corrected chi connectivity index (χ1v) is 4.45. The third-order valence-electron chi connectivity index (χ3n) is 0.979. The van der Waals surface area contributed by atoms with Gasteiger partial charge in [0.1, 0.15) is 5.75 Å². The van der Waals surface area contributed by atoms with Crippen molar-refractivity contribution in [3.8, 4) is 5.75 Å². The monoisotopic (exact) mass is 198 g/mol. The molecule has 0 fully saturated rings. The number of aliphatic carboxylic acids is 1. The van der Waals surface area contributed by atoms with E-state index >= 15 is 0 Å². The van der Waals surface area contributed by atoms with E-state index < -0.39 is 5.97 Å². The number of carbonyl (C=O) groups is 1. The van der Waals surface area contributed by atoms with Crippen molar-refractivity contribution in [1.29, 1.82) is 0 Å². The maximum absolute atomic E-state index is 9.00. The molecule has 80 valence electrons. The molecule has 0 radical (unpaired) electrons. The molecule has 1 aromatic rings. The van der Waals surface area contributed by atoms with Gasteiger partial charge in [0.2, 0.25) is 0 Å². The standard InChI is InChI=1S/C7H8O.C2H4O2.C2H6/c1-8-7-5-3-2-4-6-7;1-2(3)4;1-2/h2-6H,1H3;1H3,(H,3,4);1-2H3. The van der Waals surface area contributed by atoms with Gasteiger partial charge in [0.25, 0.3) is 5.97 Å². The van der Waals surface area contributed by atoms with Crippen LogP contribution in [0.3, 0.4) is 0 Å². The van der Waals surface area contributed by atoms with Crippen LogP contribution in [0.5, 0.6) is 5.75 Å². The molecule has 0 heterocycles. The first-order chi connectivity index (χ1) is 6.66. The molecule has 0 unspecified atom stereocenters. The Morgan fingerprint density at radius 1 is 1.21 bits per heavy atom. The van der Waals surface area contributed by atoms with Crippen molar-refractivity contribution in [1.82, 2.24) is 0 Å². The second kappa shape index (κ2) is 11.5. The molecule has 14 heavy (non-hydrogen) atoms. The van der Waals surface area contributed by atoms with Gasteiger partial charge in [-0.1, -0.05) is 32.0 Å². The predicted octanol–water partition coefficient (Wildman–Crippen LogP) is 2.81. The molecule has 0 aliphatic carbocycles. The summed E-state index contributed by atoms with van der Waals surface area (Å²) in [6.45, 7) is 5.08. The van der Waals surface area contributed by atoms with Gasteiger partial charge in [-0.05, 0) is 12.1 Å². The molecular weight excluding hydrogens is 180 g/mol. The minimum Gasteiger partial charge on any atom is -0.497 e. The summed E-state index contributed by atoms with van der Waals surface area (Å²) < 4.78 is 4.91. The molecule has 0 aromatic heterocycles. The average Bonchev–Trinajstić information content (AvgIpc) is 2.21. The number of hydrogen-bond donors (Lipinski definition) is 1. The summed E-state index contributed by atoms with van der Waals surface area (Å²) in [6, 6.07) is 9.68. The molecule has 0 aliphatic heterocycles. The topological polar surface area (TPSA) is 46.5 Å². The Bertz CT molecular complexity index is 215. The molecule has 1 rings (SSSR count). The second-order valence-corrected chi connectivity index (χ2v) is 2.04. The maximum atomic E-state index is 9.00. The minimum atomic E-state index is -0.833. The normalized spacial score (nSPS) is 7.14. The summed E-state index contributed by atoms with van der Waals surface area (Å²) in [4.78, 5) is 9.00. The van der Waals surface area contributed by atoms with Gasteiger partial charge in [0, 0.05) is 6.92 Å².